The van der Waals surface area contributed by atoms with Gasteiger partial charge >= 0.3 is 5.97 Å². The number of rotatable bonds is 4. The highest BCUT2D eigenvalue weighted by Gasteiger charge is 2.36. The van der Waals surface area contributed by atoms with E-state index in [1.165, 1.54) is 0 Å². The van der Waals surface area contributed by atoms with Crippen LogP contribution in [-0.4, -0.2) is 11.1 Å². The lowest BCUT2D eigenvalue weighted by atomic mass is 9.95. The summed E-state index contributed by atoms with van der Waals surface area (Å²) in [5.74, 6) is -0.647. The Kier molecular flexibility index (Phi) is 3.06. The summed E-state index contributed by atoms with van der Waals surface area (Å²) in [7, 11) is 0. The first-order chi connectivity index (χ1) is 7.58. The van der Waals surface area contributed by atoms with Crippen molar-refractivity contribution in [3.05, 3.63) is 28.8 Å². The number of benzene rings is 1. The third-order valence-electron chi connectivity index (χ3n) is 3.02. The zero-order valence-corrected chi connectivity index (χ0v) is 9.57. The lowest BCUT2D eigenvalue weighted by molar-refractivity contribution is -0.142. The van der Waals surface area contributed by atoms with Crippen molar-refractivity contribution in [3.8, 4) is 0 Å². The molecule has 1 atom stereocenters. The van der Waals surface area contributed by atoms with E-state index in [1.54, 1.807) is 12.1 Å². The summed E-state index contributed by atoms with van der Waals surface area (Å²) >= 11 is 5.81. The van der Waals surface area contributed by atoms with Crippen molar-refractivity contribution in [1.82, 2.24) is 0 Å². The molecule has 2 rings (SSSR count). The SMILES string of the molecule is Nc1cc(CC(C(=O)O)C2CC2)ccc1Cl. The minimum absolute atomic E-state index is 0.277. The second-order valence-electron chi connectivity index (χ2n) is 4.34. The Balaban J connectivity index is 2.12. The van der Waals surface area contributed by atoms with Gasteiger partial charge in [0.2, 0.25) is 0 Å². The molecular weight excluding hydrogens is 226 g/mol. The summed E-state index contributed by atoms with van der Waals surface area (Å²) in [5, 5.41) is 9.63. The highest BCUT2D eigenvalue weighted by Crippen LogP contribution is 2.39. The fourth-order valence-corrected chi connectivity index (χ4v) is 2.05. The lowest BCUT2D eigenvalue weighted by Crippen LogP contribution is -2.18. The minimum atomic E-state index is -0.712. The Morgan fingerprint density at radius 3 is 2.75 bits per heavy atom. The molecule has 16 heavy (non-hydrogen) atoms. The van der Waals surface area contributed by atoms with Gasteiger partial charge < -0.3 is 10.8 Å². The normalized spacial score (nSPS) is 17.1. The number of anilines is 1. The average Bonchev–Trinajstić information content (AvgIpc) is 3.03. The number of carboxylic acids is 1. The van der Waals surface area contributed by atoms with Gasteiger partial charge in [-0.05, 0) is 42.9 Å². The summed E-state index contributed by atoms with van der Waals surface area (Å²) in [6.45, 7) is 0. The van der Waals surface area contributed by atoms with Gasteiger partial charge in [0, 0.05) is 0 Å². The Bertz CT molecular complexity index is 415. The molecule has 0 amide bonds. The zero-order chi connectivity index (χ0) is 11.7. The van der Waals surface area contributed by atoms with E-state index >= 15 is 0 Å². The average molecular weight is 240 g/mol. The molecule has 0 saturated heterocycles. The van der Waals surface area contributed by atoms with Crippen LogP contribution in [0.4, 0.5) is 5.69 Å². The van der Waals surface area contributed by atoms with Crippen LogP contribution in [0.2, 0.25) is 5.02 Å². The topological polar surface area (TPSA) is 63.3 Å². The van der Waals surface area contributed by atoms with Gasteiger partial charge in [0.1, 0.15) is 0 Å². The maximum absolute atomic E-state index is 11.1. The van der Waals surface area contributed by atoms with Crippen molar-refractivity contribution < 1.29 is 9.90 Å². The van der Waals surface area contributed by atoms with Crippen molar-refractivity contribution in [3.63, 3.8) is 0 Å². The van der Waals surface area contributed by atoms with Crippen molar-refractivity contribution >= 4 is 23.3 Å². The van der Waals surface area contributed by atoms with Gasteiger partial charge in [0.15, 0.2) is 0 Å². The number of aliphatic carboxylic acids is 1. The van der Waals surface area contributed by atoms with Crippen LogP contribution in [-0.2, 0) is 11.2 Å². The number of carboxylic acid groups (broad SMARTS) is 1. The molecule has 1 aliphatic rings. The van der Waals surface area contributed by atoms with Crippen molar-refractivity contribution in [2.75, 3.05) is 5.73 Å². The van der Waals surface area contributed by atoms with Gasteiger partial charge in [-0.3, -0.25) is 4.79 Å². The van der Waals surface area contributed by atoms with E-state index in [9.17, 15) is 4.79 Å². The molecule has 3 nitrogen and oxygen atoms in total. The third-order valence-corrected chi connectivity index (χ3v) is 3.37. The molecule has 3 N–H and O–H groups in total. The van der Waals surface area contributed by atoms with E-state index in [2.05, 4.69) is 0 Å². The molecule has 0 bridgehead atoms. The molecule has 0 radical (unpaired) electrons. The van der Waals surface area contributed by atoms with Crippen LogP contribution < -0.4 is 5.73 Å². The standard InChI is InChI=1S/C12H14ClNO2/c13-10-4-1-7(6-11(10)14)5-9(12(15)16)8-2-3-8/h1,4,6,8-9H,2-3,5,14H2,(H,15,16). The summed E-state index contributed by atoms with van der Waals surface area (Å²) in [6.07, 6.45) is 2.60. The highest BCUT2D eigenvalue weighted by atomic mass is 35.5. The third kappa shape index (κ3) is 2.47. The van der Waals surface area contributed by atoms with Crippen LogP contribution in [0, 0.1) is 11.8 Å². The molecule has 1 aromatic carbocycles. The molecular formula is C12H14ClNO2. The first-order valence-electron chi connectivity index (χ1n) is 5.34. The second kappa shape index (κ2) is 4.34. The first kappa shape index (κ1) is 11.3. The Labute approximate surface area is 99.2 Å². The fraction of sp³-hybridized carbons (Fsp3) is 0.417. The van der Waals surface area contributed by atoms with Gasteiger partial charge in [0.05, 0.1) is 16.6 Å². The summed E-state index contributed by atoms with van der Waals surface area (Å²) in [4.78, 5) is 11.1. The van der Waals surface area contributed by atoms with Crippen LogP contribution in [0.5, 0.6) is 0 Å². The van der Waals surface area contributed by atoms with Crippen LogP contribution in [0.3, 0.4) is 0 Å². The molecule has 1 saturated carbocycles. The quantitative estimate of drug-likeness (QED) is 0.794. The molecule has 1 aromatic rings. The molecule has 0 heterocycles. The molecule has 86 valence electrons. The maximum atomic E-state index is 11.1. The zero-order valence-electron chi connectivity index (χ0n) is 8.82. The fourth-order valence-electron chi connectivity index (χ4n) is 1.93. The molecule has 0 aromatic heterocycles. The number of hydrogen-bond acceptors (Lipinski definition) is 2. The Hall–Kier alpha value is -1.22. The van der Waals surface area contributed by atoms with Gasteiger partial charge in [0.25, 0.3) is 0 Å². The largest absolute Gasteiger partial charge is 0.481 e. The van der Waals surface area contributed by atoms with Gasteiger partial charge in [-0.15, -0.1) is 0 Å². The Morgan fingerprint density at radius 1 is 1.56 bits per heavy atom. The summed E-state index contributed by atoms with van der Waals surface area (Å²) in [5.41, 5.74) is 7.14. The van der Waals surface area contributed by atoms with E-state index < -0.39 is 5.97 Å². The molecule has 1 aliphatic carbocycles. The number of carbonyl (C=O) groups is 1. The monoisotopic (exact) mass is 239 g/mol. The van der Waals surface area contributed by atoms with E-state index in [0.29, 0.717) is 23.0 Å². The van der Waals surface area contributed by atoms with E-state index in [4.69, 9.17) is 22.4 Å². The predicted molar refractivity (Wildman–Crippen MR) is 63.4 cm³/mol. The first-order valence-corrected chi connectivity index (χ1v) is 5.72. The van der Waals surface area contributed by atoms with Crippen LogP contribution in [0.1, 0.15) is 18.4 Å². The molecule has 0 aliphatic heterocycles. The second-order valence-corrected chi connectivity index (χ2v) is 4.75. The van der Waals surface area contributed by atoms with Crippen molar-refractivity contribution in [1.29, 1.82) is 0 Å². The van der Waals surface area contributed by atoms with Gasteiger partial charge in [-0.2, -0.15) is 0 Å². The van der Waals surface area contributed by atoms with Gasteiger partial charge in [-0.1, -0.05) is 17.7 Å². The maximum Gasteiger partial charge on any atom is 0.307 e. The van der Waals surface area contributed by atoms with E-state index in [-0.39, 0.29) is 5.92 Å². The lowest BCUT2D eigenvalue weighted by Gasteiger charge is -2.11. The van der Waals surface area contributed by atoms with E-state index in [0.717, 1.165) is 18.4 Å². The summed E-state index contributed by atoms with van der Waals surface area (Å²) in [6, 6.07) is 5.33. The minimum Gasteiger partial charge on any atom is -0.481 e. The molecule has 1 fully saturated rings. The molecule has 0 spiro atoms. The van der Waals surface area contributed by atoms with Crippen LogP contribution >= 0.6 is 11.6 Å². The van der Waals surface area contributed by atoms with Crippen LogP contribution in [0.15, 0.2) is 18.2 Å². The summed E-state index contributed by atoms with van der Waals surface area (Å²) < 4.78 is 0. The molecule has 4 heteroatoms. The van der Waals surface area contributed by atoms with Crippen molar-refractivity contribution in [2.24, 2.45) is 11.8 Å². The number of hydrogen-bond donors (Lipinski definition) is 2. The number of nitrogens with two attached hydrogens (primary N) is 1. The molecule has 1 unspecified atom stereocenters. The number of halogens is 1. The van der Waals surface area contributed by atoms with E-state index in [1.807, 2.05) is 6.07 Å². The Morgan fingerprint density at radius 2 is 2.25 bits per heavy atom. The van der Waals surface area contributed by atoms with Crippen LogP contribution in [0.25, 0.3) is 0 Å². The smallest absolute Gasteiger partial charge is 0.307 e. The predicted octanol–water partition coefficient (Wildman–Crippen LogP) is 2.58. The van der Waals surface area contributed by atoms with Crippen molar-refractivity contribution in [2.45, 2.75) is 19.3 Å². The highest BCUT2D eigenvalue weighted by molar-refractivity contribution is 6.33. The number of nitrogen functional groups attached to an aromatic ring is 1. The van der Waals surface area contributed by atoms with Gasteiger partial charge in [-0.25, -0.2) is 0 Å².